The second kappa shape index (κ2) is 8.52. The molecule has 7 heteroatoms. The first-order valence-corrected chi connectivity index (χ1v) is 11.9. The number of hydrogen-bond donors (Lipinski definition) is 2. The van der Waals surface area contributed by atoms with Gasteiger partial charge in [-0.15, -0.1) is 0 Å². The molecular formula is C25H34N4O3. The molecule has 3 fully saturated rings. The van der Waals surface area contributed by atoms with Crippen LogP contribution in [0.4, 0.5) is 0 Å². The number of carbonyl (C=O) groups excluding carboxylic acids is 2. The predicted octanol–water partition coefficient (Wildman–Crippen LogP) is 2.45. The van der Waals surface area contributed by atoms with E-state index in [1.807, 2.05) is 42.1 Å². The molecule has 3 heterocycles. The molecule has 3 aliphatic rings. The highest BCUT2D eigenvalue weighted by Crippen LogP contribution is 2.39. The molecule has 5 rings (SSSR count). The lowest BCUT2D eigenvalue weighted by atomic mass is 9.90. The van der Waals surface area contributed by atoms with Crippen LogP contribution in [0.3, 0.4) is 0 Å². The van der Waals surface area contributed by atoms with E-state index in [0.29, 0.717) is 37.7 Å². The molecule has 2 aliphatic heterocycles. The van der Waals surface area contributed by atoms with Crippen LogP contribution in [0.2, 0.25) is 0 Å². The molecule has 2 atom stereocenters. The number of piperidine rings is 1. The molecule has 7 nitrogen and oxygen atoms in total. The molecule has 32 heavy (non-hydrogen) atoms. The van der Waals surface area contributed by atoms with Crippen molar-refractivity contribution in [1.82, 2.24) is 20.1 Å². The predicted molar refractivity (Wildman–Crippen MR) is 123 cm³/mol. The second-order valence-corrected chi connectivity index (χ2v) is 10.0. The van der Waals surface area contributed by atoms with Crippen molar-refractivity contribution in [2.45, 2.75) is 56.1 Å². The van der Waals surface area contributed by atoms with E-state index >= 15 is 0 Å². The number of carbonyl (C=O) groups is 2. The highest BCUT2D eigenvalue weighted by atomic mass is 16.5. The number of rotatable bonds is 8. The number of nitrogens with one attached hydrogen (secondary N) is 2. The van der Waals surface area contributed by atoms with Crippen molar-refractivity contribution in [3.8, 4) is 0 Å². The molecule has 1 saturated carbocycles. The Labute approximate surface area is 189 Å². The summed E-state index contributed by atoms with van der Waals surface area (Å²) in [6.45, 7) is 1.78. The van der Waals surface area contributed by atoms with Gasteiger partial charge >= 0.3 is 0 Å². The molecule has 1 aromatic carbocycles. The summed E-state index contributed by atoms with van der Waals surface area (Å²) in [5, 5.41) is 7.39. The van der Waals surface area contributed by atoms with Crippen LogP contribution >= 0.6 is 0 Å². The van der Waals surface area contributed by atoms with Crippen LogP contribution < -0.4 is 10.6 Å². The highest BCUT2D eigenvalue weighted by molar-refractivity contribution is 6.06. The van der Waals surface area contributed by atoms with Crippen LogP contribution in [0.5, 0.6) is 0 Å². The number of ether oxygens (including phenoxy) is 1. The fourth-order valence-corrected chi connectivity index (χ4v) is 5.90. The third kappa shape index (κ3) is 4.16. The van der Waals surface area contributed by atoms with E-state index in [0.717, 1.165) is 55.0 Å². The lowest BCUT2D eigenvalue weighted by molar-refractivity contribution is -0.125. The second-order valence-electron chi connectivity index (χ2n) is 10.0. The average molecular weight is 439 g/mol. The van der Waals surface area contributed by atoms with Crippen LogP contribution in [-0.2, 0) is 16.6 Å². The molecular weight excluding hydrogens is 404 g/mol. The van der Waals surface area contributed by atoms with Crippen molar-refractivity contribution in [2.75, 3.05) is 26.8 Å². The fourth-order valence-electron chi connectivity index (χ4n) is 5.90. The van der Waals surface area contributed by atoms with Crippen molar-refractivity contribution in [2.24, 2.45) is 13.0 Å². The molecule has 0 spiro atoms. The molecule has 2 unspecified atom stereocenters. The van der Waals surface area contributed by atoms with Crippen LogP contribution in [0, 0.1) is 5.92 Å². The van der Waals surface area contributed by atoms with Gasteiger partial charge in [0, 0.05) is 49.9 Å². The van der Waals surface area contributed by atoms with Crippen LogP contribution in [0.1, 0.15) is 48.9 Å². The minimum atomic E-state index is -0.116. The SMILES string of the molecule is COCC1(NC(=O)CN2C3CCC2CC(CNC(=O)c2cn(C)c4ccccc24)C3)CC1. The number of hydrogen-bond acceptors (Lipinski definition) is 4. The summed E-state index contributed by atoms with van der Waals surface area (Å²) in [5.41, 5.74) is 1.70. The van der Waals surface area contributed by atoms with Gasteiger partial charge in [0.05, 0.1) is 24.3 Å². The van der Waals surface area contributed by atoms with Crippen molar-refractivity contribution >= 4 is 22.7 Å². The number of methoxy groups -OCH3 is 1. The first-order valence-electron chi connectivity index (χ1n) is 11.9. The number of benzene rings is 1. The molecule has 1 aromatic heterocycles. The largest absolute Gasteiger partial charge is 0.382 e. The Morgan fingerprint density at radius 1 is 1.16 bits per heavy atom. The molecule has 2 bridgehead atoms. The van der Waals surface area contributed by atoms with Crippen LogP contribution in [-0.4, -0.2) is 65.7 Å². The zero-order valence-corrected chi connectivity index (χ0v) is 19.1. The Bertz CT molecular complexity index is 998. The van der Waals surface area contributed by atoms with Crippen LogP contribution in [0.15, 0.2) is 30.5 Å². The van der Waals surface area contributed by atoms with Gasteiger partial charge in [-0.2, -0.15) is 0 Å². The van der Waals surface area contributed by atoms with Gasteiger partial charge < -0.3 is 19.9 Å². The Kier molecular flexibility index (Phi) is 5.72. The van der Waals surface area contributed by atoms with E-state index in [1.54, 1.807) is 7.11 Å². The van der Waals surface area contributed by atoms with Crippen molar-refractivity contribution in [3.05, 3.63) is 36.0 Å². The molecule has 2 saturated heterocycles. The zero-order valence-electron chi connectivity index (χ0n) is 19.1. The van der Waals surface area contributed by atoms with Gasteiger partial charge in [0.1, 0.15) is 0 Å². The molecule has 2 amide bonds. The number of nitrogens with zero attached hydrogens (tertiary/aromatic N) is 2. The average Bonchev–Trinajstić information content (AvgIpc) is 3.39. The van der Waals surface area contributed by atoms with Crippen LogP contribution in [0.25, 0.3) is 10.9 Å². The Balaban J connectivity index is 1.14. The Morgan fingerprint density at radius 3 is 2.56 bits per heavy atom. The van der Waals surface area contributed by atoms with Crippen molar-refractivity contribution < 1.29 is 14.3 Å². The molecule has 2 N–H and O–H groups in total. The number of aromatic nitrogens is 1. The first-order chi connectivity index (χ1) is 15.5. The summed E-state index contributed by atoms with van der Waals surface area (Å²) in [6.07, 6.45) is 8.33. The maximum atomic E-state index is 12.9. The molecule has 2 aromatic rings. The molecule has 172 valence electrons. The topological polar surface area (TPSA) is 75.6 Å². The van der Waals surface area contributed by atoms with E-state index in [9.17, 15) is 9.59 Å². The maximum absolute atomic E-state index is 12.9. The van der Waals surface area contributed by atoms with Gasteiger partial charge in [-0.05, 0) is 50.5 Å². The summed E-state index contributed by atoms with van der Waals surface area (Å²) in [6, 6.07) is 8.90. The lowest BCUT2D eigenvalue weighted by Gasteiger charge is -2.38. The summed E-state index contributed by atoms with van der Waals surface area (Å²) in [4.78, 5) is 28.0. The standard InChI is InChI=1S/C25H34N4O3/c1-28-14-21(20-5-3-4-6-22(20)28)24(31)26-13-17-11-18-7-8-19(12-17)29(18)15-23(30)27-25(9-10-25)16-32-2/h3-6,14,17-19H,7-13,15-16H2,1-2H3,(H,26,31)(H,27,30). The van der Waals surface area contributed by atoms with Gasteiger partial charge in [0.2, 0.25) is 5.91 Å². The first kappa shape index (κ1) is 21.5. The summed E-state index contributed by atoms with van der Waals surface area (Å²) < 4.78 is 7.27. The highest BCUT2D eigenvalue weighted by Gasteiger charge is 2.46. The number of aryl methyl sites for hydroxylation is 1. The zero-order chi connectivity index (χ0) is 22.3. The van der Waals surface area contributed by atoms with E-state index in [4.69, 9.17) is 4.74 Å². The van der Waals surface area contributed by atoms with Crippen molar-refractivity contribution in [1.29, 1.82) is 0 Å². The van der Waals surface area contributed by atoms with E-state index in [2.05, 4.69) is 15.5 Å². The van der Waals surface area contributed by atoms with E-state index in [1.165, 1.54) is 0 Å². The van der Waals surface area contributed by atoms with Gasteiger partial charge in [-0.3, -0.25) is 14.5 Å². The number of para-hydroxylation sites is 1. The van der Waals surface area contributed by atoms with Gasteiger partial charge in [-0.1, -0.05) is 18.2 Å². The van der Waals surface area contributed by atoms with E-state index < -0.39 is 0 Å². The Hall–Kier alpha value is -2.38. The number of amides is 2. The fraction of sp³-hybridized carbons (Fsp3) is 0.600. The smallest absolute Gasteiger partial charge is 0.253 e. The minimum Gasteiger partial charge on any atom is -0.382 e. The molecule has 1 aliphatic carbocycles. The van der Waals surface area contributed by atoms with Gasteiger partial charge in [0.25, 0.3) is 5.91 Å². The maximum Gasteiger partial charge on any atom is 0.253 e. The normalized spacial score (nSPS) is 26.2. The summed E-state index contributed by atoms with van der Waals surface area (Å²) in [5.74, 6) is 0.594. The third-order valence-corrected chi connectivity index (χ3v) is 7.68. The van der Waals surface area contributed by atoms with Gasteiger partial charge in [0.15, 0.2) is 0 Å². The third-order valence-electron chi connectivity index (χ3n) is 7.68. The van der Waals surface area contributed by atoms with Crippen molar-refractivity contribution in [3.63, 3.8) is 0 Å². The summed E-state index contributed by atoms with van der Waals surface area (Å²) >= 11 is 0. The lowest BCUT2D eigenvalue weighted by Crippen LogP contribution is -2.51. The molecule has 0 radical (unpaired) electrons. The van der Waals surface area contributed by atoms with E-state index in [-0.39, 0.29) is 17.4 Å². The quantitative estimate of drug-likeness (QED) is 0.664. The monoisotopic (exact) mass is 438 g/mol. The summed E-state index contributed by atoms with van der Waals surface area (Å²) in [7, 11) is 3.67. The van der Waals surface area contributed by atoms with Gasteiger partial charge in [-0.25, -0.2) is 0 Å². The number of fused-ring (bicyclic) bond motifs is 3. The Morgan fingerprint density at radius 2 is 1.88 bits per heavy atom. The minimum absolute atomic E-state index is 0.00355.